The molecule has 2 atom stereocenters. The summed E-state index contributed by atoms with van der Waals surface area (Å²) in [6.07, 6.45) is -0.927. The van der Waals surface area contributed by atoms with Crippen molar-refractivity contribution in [2.75, 3.05) is 41.7 Å². The van der Waals surface area contributed by atoms with Gasteiger partial charge in [-0.25, -0.2) is 0 Å². The van der Waals surface area contributed by atoms with Crippen LogP contribution in [0.15, 0.2) is 33.2 Å². The summed E-state index contributed by atoms with van der Waals surface area (Å²) < 4.78 is 28.3. The average molecular weight is 813 g/mol. The fourth-order valence-electron chi connectivity index (χ4n) is 4.96. The lowest BCUT2D eigenvalue weighted by Gasteiger charge is -2.38. The molecule has 0 aliphatic rings. The van der Waals surface area contributed by atoms with E-state index in [9.17, 15) is 10.2 Å². The van der Waals surface area contributed by atoms with Gasteiger partial charge in [0.2, 0.25) is 0 Å². The second-order valence-corrected chi connectivity index (χ2v) is 16.5. The highest BCUT2D eigenvalue weighted by atomic mass is 79.9. The molecule has 2 aromatic carbocycles. The Morgan fingerprint density at radius 2 is 0.896 bits per heavy atom. The Hall–Kier alpha value is -1.60. The van der Waals surface area contributed by atoms with Gasteiger partial charge >= 0.3 is 0 Å². The third kappa shape index (κ3) is 15.1. The number of rotatable bonds is 12. The zero-order chi connectivity index (χ0) is 37.0. The summed E-state index contributed by atoms with van der Waals surface area (Å²) in [4.78, 5) is 0. The molecule has 0 bridgehead atoms. The van der Waals surface area contributed by atoms with Gasteiger partial charge in [0, 0.05) is 10.8 Å². The quantitative estimate of drug-likeness (QED) is 0.167. The number of benzene rings is 2. The highest BCUT2D eigenvalue weighted by Gasteiger charge is 2.37. The van der Waals surface area contributed by atoms with E-state index in [0.29, 0.717) is 36.2 Å². The van der Waals surface area contributed by atoms with E-state index in [-0.39, 0.29) is 36.9 Å². The molecule has 0 amide bonds. The number of halogens is 2. The summed E-state index contributed by atoms with van der Waals surface area (Å²) in [6, 6.07) is 7.35. The number of ether oxygens (including phenoxy) is 5. The standard InChI is InChI=1S/C18H29BrO4.C9H11BrO3.C9H20O2.CH4/c1-17(2,3)16(20)18(4,5)11-23-10-12-8-13(21-6)15(19)14(9-12)22-7;1-12-7-3-6(5-11)4-8(13-2)9(7)10;1-8(2,3)7(11)9(4,5)6-10;/h8-9,16,20H,10-11H2,1-7H3;3-4,11H,5H2,1-2H3;7,10-11H,6H2,1-5H3;1H4. The molecule has 0 aromatic heterocycles. The van der Waals surface area contributed by atoms with Gasteiger partial charge < -0.3 is 44.1 Å². The van der Waals surface area contributed by atoms with Gasteiger partial charge in [-0.05, 0) is 78.1 Å². The van der Waals surface area contributed by atoms with E-state index in [1.807, 2.05) is 81.4 Å². The van der Waals surface area contributed by atoms with Crippen molar-refractivity contribution in [1.82, 2.24) is 0 Å². The van der Waals surface area contributed by atoms with Gasteiger partial charge in [0.15, 0.2) is 0 Å². The van der Waals surface area contributed by atoms with Gasteiger partial charge in [0.25, 0.3) is 0 Å². The molecule has 0 fully saturated rings. The van der Waals surface area contributed by atoms with Gasteiger partial charge in [-0.3, -0.25) is 0 Å². The summed E-state index contributed by atoms with van der Waals surface area (Å²) in [5, 5.41) is 38.1. The van der Waals surface area contributed by atoms with Crippen LogP contribution in [0.25, 0.3) is 0 Å². The Labute approximate surface area is 307 Å². The lowest BCUT2D eigenvalue weighted by molar-refractivity contribution is -0.0772. The van der Waals surface area contributed by atoms with Crippen LogP contribution in [0.4, 0.5) is 0 Å². The monoisotopic (exact) mass is 810 g/mol. The first-order chi connectivity index (χ1) is 21.5. The maximum atomic E-state index is 10.5. The average Bonchev–Trinajstić information content (AvgIpc) is 3.00. The van der Waals surface area contributed by atoms with Gasteiger partial charge in [-0.15, -0.1) is 0 Å². The largest absolute Gasteiger partial charge is 0.495 e. The number of aliphatic hydroxyl groups is 4. The number of methoxy groups -OCH3 is 4. The number of hydrogen-bond donors (Lipinski definition) is 4. The second kappa shape index (κ2) is 20.9. The lowest BCUT2D eigenvalue weighted by Crippen LogP contribution is -2.42. The highest BCUT2D eigenvalue weighted by molar-refractivity contribution is 9.11. The first-order valence-electron chi connectivity index (χ1n) is 15.4. The van der Waals surface area contributed by atoms with Gasteiger partial charge in [0.1, 0.15) is 31.9 Å². The zero-order valence-electron chi connectivity index (χ0n) is 30.9. The molecule has 4 N–H and O–H groups in total. The van der Waals surface area contributed by atoms with Gasteiger partial charge in [-0.2, -0.15) is 0 Å². The zero-order valence-corrected chi connectivity index (χ0v) is 34.1. The molecule has 0 aliphatic carbocycles. The Morgan fingerprint density at radius 3 is 1.15 bits per heavy atom. The molecular weight excluding hydrogens is 748 g/mol. The van der Waals surface area contributed by atoms with Crippen LogP contribution in [0.3, 0.4) is 0 Å². The predicted octanol–water partition coefficient (Wildman–Crippen LogP) is 8.42. The SMILES string of the molecule is C.CC(C)(C)C(O)C(C)(C)CO.COc1cc(CO)cc(OC)c1Br.COc1cc(COCC(C)(C)C(O)C(C)(C)C)cc(OC)c1Br. The van der Waals surface area contributed by atoms with Crippen molar-refractivity contribution in [3.8, 4) is 23.0 Å². The highest BCUT2D eigenvalue weighted by Crippen LogP contribution is 2.38. The topological polar surface area (TPSA) is 127 Å². The molecule has 0 saturated carbocycles. The number of hydrogen-bond acceptors (Lipinski definition) is 9. The molecule has 2 unspecified atom stereocenters. The smallest absolute Gasteiger partial charge is 0.137 e. The third-order valence-electron chi connectivity index (χ3n) is 7.46. The van der Waals surface area contributed by atoms with Crippen molar-refractivity contribution >= 4 is 31.9 Å². The van der Waals surface area contributed by atoms with E-state index in [1.165, 1.54) is 0 Å². The van der Waals surface area contributed by atoms with Crippen molar-refractivity contribution in [2.24, 2.45) is 21.7 Å². The second-order valence-electron chi connectivity index (χ2n) is 15.0. The fourth-order valence-corrected chi connectivity index (χ4v) is 6.07. The molecule has 48 heavy (non-hydrogen) atoms. The Kier molecular flexibility index (Phi) is 21.1. The maximum Gasteiger partial charge on any atom is 0.137 e. The van der Waals surface area contributed by atoms with E-state index in [2.05, 4.69) is 31.9 Å². The summed E-state index contributed by atoms with van der Waals surface area (Å²) in [6.45, 7) is 20.7. The minimum Gasteiger partial charge on any atom is -0.495 e. The normalized spacial score (nSPS) is 13.1. The minimum absolute atomic E-state index is 0. The van der Waals surface area contributed by atoms with Crippen LogP contribution in [0.1, 0.15) is 87.8 Å². The van der Waals surface area contributed by atoms with E-state index in [1.54, 1.807) is 40.6 Å². The summed E-state index contributed by atoms with van der Waals surface area (Å²) in [5.41, 5.74) is 0.642. The summed E-state index contributed by atoms with van der Waals surface area (Å²) in [7, 11) is 6.38. The molecule has 2 rings (SSSR count). The number of aliphatic hydroxyl groups excluding tert-OH is 4. The van der Waals surface area contributed by atoms with Crippen molar-refractivity contribution in [3.05, 3.63) is 44.3 Å². The lowest BCUT2D eigenvalue weighted by atomic mass is 9.73. The molecule has 11 heteroatoms. The first-order valence-corrected chi connectivity index (χ1v) is 17.0. The molecule has 0 radical (unpaired) electrons. The van der Waals surface area contributed by atoms with Crippen molar-refractivity contribution in [2.45, 2.75) is 102 Å². The third-order valence-corrected chi connectivity index (χ3v) is 9.03. The minimum atomic E-state index is -0.472. The Balaban J connectivity index is 0. The molecule has 2 aromatic rings. The molecule has 0 aliphatic heterocycles. The van der Waals surface area contributed by atoms with Crippen LogP contribution >= 0.6 is 31.9 Å². The van der Waals surface area contributed by atoms with E-state index >= 15 is 0 Å². The van der Waals surface area contributed by atoms with Crippen LogP contribution in [0.5, 0.6) is 23.0 Å². The fraction of sp³-hybridized carbons (Fsp3) is 0.676. The molecule has 280 valence electrons. The summed E-state index contributed by atoms with van der Waals surface area (Å²) in [5.74, 6) is 2.72. The first kappa shape index (κ1) is 48.5. The van der Waals surface area contributed by atoms with E-state index in [4.69, 9.17) is 33.9 Å². The Morgan fingerprint density at radius 1 is 0.583 bits per heavy atom. The van der Waals surface area contributed by atoms with E-state index < -0.39 is 17.6 Å². The molecule has 0 heterocycles. The molecular formula is C37H64Br2O9. The van der Waals surface area contributed by atoms with Crippen LogP contribution in [0.2, 0.25) is 0 Å². The maximum absolute atomic E-state index is 10.5. The van der Waals surface area contributed by atoms with Crippen LogP contribution in [0, 0.1) is 21.7 Å². The molecule has 9 nitrogen and oxygen atoms in total. The van der Waals surface area contributed by atoms with Gasteiger partial charge in [0.05, 0.1) is 67.1 Å². The van der Waals surface area contributed by atoms with Crippen LogP contribution < -0.4 is 18.9 Å². The van der Waals surface area contributed by atoms with E-state index in [0.717, 1.165) is 20.1 Å². The van der Waals surface area contributed by atoms with Crippen molar-refractivity contribution in [1.29, 1.82) is 0 Å². The van der Waals surface area contributed by atoms with Crippen molar-refractivity contribution in [3.63, 3.8) is 0 Å². The van der Waals surface area contributed by atoms with Crippen LogP contribution in [-0.2, 0) is 18.0 Å². The molecule has 0 saturated heterocycles. The molecule has 0 spiro atoms. The van der Waals surface area contributed by atoms with Gasteiger partial charge in [-0.1, -0.05) is 76.7 Å². The van der Waals surface area contributed by atoms with Crippen molar-refractivity contribution < 1.29 is 44.1 Å². The predicted molar refractivity (Wildman–Crippen MR) is 202 cm³/mol. The Bertz CT molecular complexity index is 1170. The summed E-state index contributed by atoms with van der Waals surface area (Å²) >= 11 is 6.79. The van der Waals surface area contributed by atoms with Crippen LogP contribution in [-0.4, -0.2) is 74.3 Å².